The molecule has 6 heteroatoms. The summed E-state index contributed by atoms with van der Waals surface area (Å²) in [7, 11) is 0. The predicted molar refractivity (Wildman–Crippen MR) is 121 cm³/mol. The van der Waals surface area contributed by atoms with E-state index in [0.29, 0.717) is 18.2 Å². The first-order chi connectivity index (χ1) is 14.7. The van der Waals surface area contributed by atoms with E-state index in [0.717, 1.165) is 43.1 Å². The van der Waals surface area contributed by atoms with Crippen LogP contribution in [0.25, 0.3) is 11.3 Å². The van der Waals surface area contributed by atoms with Crippen LogP contribution in [0.5, 0.6) is 0 Å². The number of nitrogens with zero attached hydrogens (tertiary/aromatic N) is 4. The number of aromatic nitrogens is 2. The minimum Gasteiger partial charge on any atom is -0.357 e. The van der Waals surface area contributed by atoms with Gasteiger partial charge in [0.15, 0.2) is 0 Å². The number of nitrogens with one attached hydrogen (secondary N) is 1. The highest BCUT2D eigenvalue weighted by molar-refractivity contribution is 5.95. The van der Waals surface area contributed by atoms with Crippen molar-refractivity contribution in [3.05, 3.63) is 42.2 Å². The van der Waals surface area contributed by atoms with Crippen LogP contribution in [0.2, 0.25) is 0 Å². The summed E-state index contributed by atoms with van der Waals surface area (Å²) in [4.78, 5) is 26.4. The van der Waals surface area contributed by atoms with Gasteiger partial charge in [-0.3, -0.25) is 4.79 Å². The molecular weight excluding hydrogens is 374 g/mol. The molecule has 4 rings (SSSR count). The van der Waals surface area contributed by atoms with Crippen LogP contribution in [0.4, 0.5) is 5.82 Å². The van der Waals surface area contributed by atoms with E-state index in [1.165, 1.54) is 38.6 Å². The monoisotopic (exact) mass is 407 g/mol. The van der Waals surface area contributed by atoms with E-state index in [1.807, 2.05) is 30.3 Å². The normalized spacial score (nSPS) is 19.8. The fourth-order valence-electron chi connectivity index (χ4n) is 4.52. The van der Waals surface area contributed by atoms with Crippen LogP contribution in [0.1, 0.15) is 55.8 Å². The second-order valence-corrected chi connectivity index (χ2v) is 8.53. The molecule has 3 heterocycles. The smallest absolute Gasteiger partial charge is 0.251 e. The van der Waals surface area contributed by atoms with Gasteiger partial charge in [0, 0.05) is 49.4 Å². The molecule has 0 radical (unpaired) electrons. The number of rotatable bonds is 7. The number of piperidine rings is 1. The molecule has 0 unspecified atom stereocenters. The largest absolute Gasteiger partial charge is 0.357 e. The fourth-order valence-corrected chi connectivity index (χ4v) is 4.52. The zero-order chi connectivity index (χ0) is 20.8. The van der Waals surface area contributed by atoms with Crippen LogP contribution in [0, 0.1) is 0 Å². The van der Waals surface area contributed by atoms with Gasteiger partial charge >= 0.3 is 0 Å². The molecule has 2 aromatic rings. The Labute approximate surface area is 179 Å². The third-order valence-electron chi connectivity index (χ3n) is 6.35. The summed E-state index contributed by atoms with van der Waals surface area (Å²) in [6, 6.07) is 10.4. The van der Waals surface area contributed by atoms with Crippen LogP contribution < -0.4 is 10.2 Å². The molecule has 160 valence electrons. The van der Waals surface area contributed by atoms with Crippen molar-refractivity contribution >= 4 is 11.7 Å². The van der Waals surface area contributed by atoms with Crippen molar-refractivity contribution in [3.63, 3.8) is 0 Å². The quantitative estimate of drug-likeness (QED) is 0.709. The van der Waals surface area contributed by atoms with E-state index in [4.69, 9.17) is 0 Å². The molecule has 1 aromatic heterocycles. The summed E-state index contributed by atoms with van der Waals surface area (Å²) in [6.45, 7) is 7.37. The second kappa shape index (κ2) is 10.0. The Morgan fingerprint density at radius 3 is 2.77 bits per heavy atom. The topological polar surface area (TPSA) is 61.4 Å². The Balaban J connectivity index is 1.33. The Kier molecular flexibility index (Phi) is 6.95. The maximum absolute atomic E-state index is 12.7. The molecule has 0 bridgehead atoms. The molecule has 1 aromatic carbocycles. The van der Waals surface area contributed by atoms with Crippen LogP contribution in [-0.2, 0) is 0 Å². The van der Waals surface area contributed by atoms with E-state index in [1.54, 1.807) is 6.33 Å². The second-order valence-electron chi connectivity index (χ2n) is 8.53. The molecule has 2 saturated heterocycles. The highest BCUT2D eigenvalue weighted by Gasteiger charge is 2.18. The van der Waals surface area contributed by atoms with Gasteiger partial charge in [-0.1, -0.05) is 18.6 Å². The predicted octanol–water partition coefficient (Wildman–Crippen LogP) is 3.74. The molecule has 30 heavy (non-hydrogen) atoms. The van der Waals surface area contributed by atoms with Gasteiger partial charge in [0.2, 0.25) is 0 Å². The lowest BCUT2D eigenvalue weighted by atomic mass is 10.0. The molecule has 0 aliphatic carbocycles. The summed E-state index contributed by atoms with van der Waals surface area (Å²) < 4.78 is 0. The molecule has 0 saturated carbocycles. The SMILES string of the molecule is C[C@@H]1CCCCN1CCCNC(=O)c1cccc(-c2cc(N3CCCC3)ncn2)c1. The molecule has 2 aliphatic heterocycles. The highest BCUT2D eigenvalue weighted by atomic mass is 16.1. The number of likely N-dealkylation sites (tertiary alicyclic amines) is 1. The molecule has 6 nitrogen and oxygen atoms in total. The van der Waals surface area contributed by atoms with Crippen molar-refractivity contribution in [2.75, 3.05) is 37.6 Å². The van der Waals surface area contributed by atoms with Crippen molar-refractivity contribution in [3.8, 4) is 11.3 Å². The van der Waals surface area contributed by atoms with Crippen LogP contribution in [0.3, 0.4) is 0 Å². The zero-order valence-electron chi connectivity index (χ0n) is 18.0. The Morgan fingerprint density at radius 2 is 1.93 bits per heavy atom. The van der Waals surface area contributed by atoms with Gasteiger partial charge in [-0.05, 0) is 57.7 Å². The molecule has 1 N–H and O–H groups in total. The standard InChI is InChI=1S/C24H33N5O/c1-19-8-2-3-12-28(19)15-7-11-25-24(30)21-10-6-9-20(16-21)22-17-23(27-18-26-22)29-13-4-5-14-29/h6,9-10,16-19H,2-5,7-8,11-15H2,1H3,(H,25,30)/t19-/m1/s1. The molecule has 1 atom stereocenters. The van der Waals surface area contributed by atoms with Crippen LogP contribution >= 0.6 is 0 Å². The van der Waals surface area contributed by atoms with Crippen molar-refractivity contribution in [2.24, 2.45) is 0 Å². The maximum atomic E-state index is 12.7. The van der Waals surface area contributed by atoms with E-state index in [2.05, 4.69) is 32.0 Å². The number of carbonyl (C=O) groups is 1. The minimum absolute atomic E-state index is 0.0163. The first-order valence-electron chi connectivity index (χ1n) is 11.4. The van der Waals surface area contributed by atoms with Crippen molar-refractivity contribution in [1.29, 1.82) is 0 Å². The summed E-state index contributed by atoms with van der Waals surface area (Å²) in [5.74, 6) is 0.955. The number of anilines is 1. The molecular formula is C24H33N5O. The van der Waals surface area contributed by atoms with Crippen molar-refractivity contribution in [2.45, 2.75) is 51.5 Å². The molecule has 0 spiro atoms. The first-order valence-corrected chi connectivity index (χ1v) is 11.4. The van der Waals surface area contributed by atoms with Crippen molar-refractivity contribution in [1.82, 2.24) is 20.2 Å². The number of hydrogen-bond acceptors (Lipinski definition) is 5. The van der Waals surface area contributed by atoms with E-state index < -0.39 is 0 Å². The van der Waals surface area contributed by atoms with Gasteiger partial charge < -0.3 is 15.1 Å². The van der Waals surface area contributed by atoms with Gasteiger partial charge in [0.05, 0.1) is 5.69 Å². The fraction of sp³-hybridized carbons (Fsp3) is 0.542. The molecule has 2 fully saturated rings. The average molecular weight is 408 g/mol. The number of carbonyl (C=O) groups excluding carboxylic acids is 1. The summed E-state index contributed by atoms with van der Waals surface area (Å²) in [5, 5.41) is 3.08. The Bertz CT molecular complexity index is 849. The lowest BCUT2D eigenvalue weighted by Gasteiger charge is -2.33. The highest BCUT2D eigenvalue weighted by Crippen LogP contribution is 2.24. The number of benzene rings is 1. The van der Waals surface area contributed by atoms with Gasteiger partial charge in [-0.2, -0.15) is 0 Å². The third kappa shape index (κ3) is 5.17. The lowest BCUT2D eigenvalue weighted by molar-refractivity contribution is 0.0949. The number of hydrogen-bond donors (Lipinski definition) is 1. The Morgan fingerprint density at radius 1 is 1.10 bits per heavy atom. The maximum Gasteiger partial charge on any atom is 0.251 e. The van der Waals surface area contributed by atoms with Gasteiger partial charge in [0.1, 0.15) is 12.1 Å². The Hall–Kier alpha value is -2.47. The van der Waals surface area contributed by atoms with E-state index in [-0.39, 0.29) is 5.91 Å². The average Bonchev–Trinajstić information content (AvgIpc) is 3.33. The van der Waals surface area contributed by atoms with Gasteiger partial charge in [-0.15, -0.1) is 0 Å². The van der Waals surface area contributed by atoms with Gasteiger partial charge in [-0.25, -0.2) is 9.97 Å². The molecule has 1 amide bonds. The van der Waals surface area contributed by atoms with E-state index in [9.17, 15) is 4.79 Å². The zero-order valence-corrected chi connectivity index (χ0v) is 18.0. The summed E-state index contributed by atoms with van der Waals surface area (Å²) >= 11 is 0. The lowest BCUT2D eigenvalue weighted by Crippen LogP contribution is -2.39. The minimum atomic E-state index is -0.0163. The van der Waals surface area contributed by atoms with Gasteiger partial charge in [0.25, 0.3) is 5.91 Å². The van der Waals surface area contributed by atoms with E-state index >= 15 is 0 Å². The third-order valence-corrected chi connectivity index (χ3v) is 6.35. The number of amides is 1. The molecule has 2 aliphatic rings. The van der Waals surface area contributed by atoms with Crippen LogP contribution in [0.15, 0.2) is 36.7 Å². The van der Waals surface area contributed by atoms with Crippen molar-refractivity contribution < 1.29 is 4.79 Å². The summed E-state index contributed by atoms with van der Waals surface area (Å²) in [6.07, 6.45) is 8.97. The first kappa shape index (κ1) is 20.8. The van der Waals surface area contributed by atoms with Crippen LogP contribution in [-0.4, -0.2) is 59.5 Å². The summed E-state index contributed by atoms with van der Waals surface area (Å²) in [5.41, 5.74) is 2.49.